The van der Waals surface area contributed by atoms with E-state index in [9.17, 15) is 0 Å². The van der Waals surface area contributed by atoms with E-state index in [1.165, 1.54) is 5.56 Å². The number of aryl methyl sites for hydroxylation is 1. The maximum absolute atomic E-state index is 6.20. The highest BCUT2D eigenvalue weighted by atomic mass is 35.5. The third-order valence-corrected chi connectivity index (χ3v) is 3.12. The van der Waals surface area contributed by atoms with Gasteiger partial charge in [0.2, 0.25) is 5.95 Å². The molecule has 0 aliphatic heterocycles. The molecule has 0 unspecified atom stereocenters. The van der Waals surface area contributed by atoms with Gasteiger partial charge in [0, 0.05) is 19.3 Å². The molecule has 5 heteroatoms. The van der Waals surface area contributed by atoms with Gasteiger partial charge in [-0.25, -0.2) is 4.98 Å². The largest absolute Gasteiger partial charge is 0.354 e. The fraction of sp³-hybridized carbons (Fsp3) is 0.286. The van der Waals surface area contributed by atoms with Crippen molar-refractivity contribution in [3.05, 3.63) is 41.0 Å². The molecule has 2 aromatic rings. The molecule has 0 aliphatic rings. The van der Waals surface area contributed by atoms with E-state index in [1.807, 2.05) is 37.1 Å². The Bertz CT molecular complexity index is 571. The van der Waals surface area contributed by atoms with Crippen LogP contribution in [0.2, 0.25) is 5.02 Å². The van der Waals surface area contributed by atoms with E-state index < -0.39 is 0 Å². The molecule has 0 spiro atoms. The van der Waals surface area contributed by atoms with Gasteiger partial charge in [0.15, 0.2) is 5.82 Å². The zero-order valence-electron chi connectivity index (χ0n) is 11.3. The van der Waals surface area contributed by atoms with Crippen LogP contribution in [-0.4, -0.2) is 23.6 Å². The third kappa shape index (κ3) is 2.96. The van der Waals surface area contributed by atoms with Crippen molar-refractivity contribution >= 4 is 29.1 Å². The van der Waals surface area contributed by atoms with Gasteiger partial charge in [-0.1, -0.05) is 29.8 Å². The van der Waals surface area contributed by atoms with Crippen molar-refractivity contribution in [3.8, 4) is 0 Å². The summed E-state index contributed by atoms with van der Waals surface area (Å²) in [5.74, 6) is 1.28. The predicted molar refractivity (Wildman–Crippen MR) is 80.4 cm³/mol. The standard InChI is InChI=1S/C14H17ClN4/c1-4-16-14-17-9-11(15)13(18-14)19(3)12-8-6-5-7-10(12)2/h5-9H,4H2,1-3H3,(H,16,17,18). The third-order valence-electron chi connectivity index (χ3n) is 2.86. The monoisotopic (exact) mass is 276 g/mol. The van der Waals surface area contributed by atoms with Crippen molar-refractivity contribution < 1.29 is 0 Å². The summed E-state index contributed by atoms with van der Waals surface area (Å²) in [5, 5.41) is 3.62. The number of hydrogen-bond acceptors (Lipinski definition) is 4. The van der Waals surface area contributed by atoms with Crippen LogP contribution in [0.4, 0.5) is 17.5 Å². The Morgan fingerprint density at radius 2 is 2.05 bits per heavy atom. The highest BCUT2D eigenvalue weighted by Gasteiger charge is 2.13. The van der Waals surface area contributed by atoms with Crippen LogP contribution in [0.5, 0.6) is 0 Å². The first kappa shape index (κ1) is 13.6. The van der Waals surface area contributed by atoms with Crippen molar-refractivity contribution in [2.24, 2.45) is 0 Å². The van der Waals surface area contributed by atoms with Crippen molar-refractivity contribution in [3.63, 3.8) is 0 Å². The topological polar surface area (TPSA) is 41.1 Å². The second-order valence-electron chi connectivity index (χ2n) is 4.24. The van der Waals surface area contributed by atoms with Gasteiger partial charge in [-0.05, 0) is 25.5 Å². The average Bonchev–Trinajstić information content (AvgIpc) is 2.41. The fourth-order valence-corrected chi connectivity index (χ4v) is 2.11. The first-order chi connectivity index (χ1) is 9.13. The fourth-order valence-electron chi connectivity index (χ4n) is 1.89. The zero-order valence-corrected chi connectivity index (χ0v) is 12.1. The lowest BCUT2D eigenvalue weighted by Crippen LogP contribution is -2.14. The Balaban J connectivity index is 2.40. The summed E-state index contributed by atoms with van der Waals surface area (Å²) in [7, 11) is 1.95. The molecule has 1 N–H and O–H groups in total. The summed E-state index contributed by atoms with van der Waals surface area (Å²) >= 11 is 6.20. The van der Waals surface area contributed by atoms with Crippen LogP contribution in [-0.2, 0) is 0 Å². The molecule has 0 aliphatic carbocycles. The quantitative estimate of drug-likeness (QED) is 0.926. The van der Waals surface area contributed by atoms with Crippen LogP contribution in [0.15, 0.2) is 30.5 Å². The molecule has 0 bridgehead atoms. The van der Waals surface area contributed by atoms with E-state index in [0.29, 0.717) is 16.8 Å². The first-order valence-corrected chi connectivity index (χ1v) is 6.57. The summed E-state index contributed by atoms with van der Waals surface area (Å²) in [5.41, 5.74) is 2.25. The SMILES string of the molecule is CCNc1ncc(Cl)c(N(C)c2ccccc2C)n1. The number of rotatable bonds is 4. The van der Waals surface area contributed by atoms with E-state index in [4.69, 9.17) is 11.6 Å². The molecular weight excluding hydrogens is 260 g/mol. The zero-order chi connectivity index (χ0) is 13.8. The van der Waals surface area contributed by atoms with Gasteiger partial charge in [-0.3, -0.25) is 0 Å². The molecule has 19 heavy (non-hydrogen) atoms. The molecule has 100 valence electrons. The van der Waals surface area contributed by atoms with Gasteiger partial charge >= 0.3 is 0 Å². The second-order valence-corrected chi connectivity index (χ2v) is 4.65. The molecular formula is C14H17ClN4. The Kier molecular flexibility index (Phi) is 4.22. The number of hydrogen-bond donors (Lipinski definition) is 1. The number of nitrogens with zero attached hydrogens (tertiary/aromatic N) is 3. The maximum Gasteiger partial charge on any atom is 0.224 e. The lowest BCUT2D eigenvalue weighted by Gasteiger charge is -2.21. The lowest BCUT2D eigenvalue weighted by atomic mass is 10.2. The molecule has 0 radical (unpaired) electrons. The molecule has 0 amide bonds. The Labute approximate surface area is 118 Å². The molecule has 0 atom stereocenters. The highest BCUT2D eigenvalue weighted by Crippen LogP contribution is 2.30. The van der Waals surface area contributed by atoms with Gasteiger partial charge in [0.1, 0.15) is 5.02 Å². The lowest BCUT2D eigenvalue weighted by molar-refractivity contribution is 1.04. The summed E-state index contributed by atoms with van der Waals surface area (Å²) < 4.78 is 0. The van der Waals surface area contributed by atoms with E-state index in [-0.39, 0.29) is 0 Å². The summed E-state index contributed by atoms with van der Waals surface area (Å²) in [4.78, 5) is 10.6. The molecule has 1 heterocycles. The molecule has 2 rings (SSSR count). The van der Waals surface area contributed by atoms with Gasteiger partial charge in [0.05, 0.1) is 6.20 Å². The smallest absolute Gasteiger partial charge is 0.224 e. The van der Waals surface area contributed by atoms with Crippen LogP contribution < -0.4 is 10.2 Å². The number of aromatic nitrogens is 2. The molecule has 0 saturated heterocycles. The Morgan fingerprint density at radius 1 is 1.32 bits per heavy atom. The minimum Gasteiger partial charge on any atom is -0.354 e. The van der Waals surface area contributed by atoms with E-state index in [2.05, 4.69) is 28.3 Å². The van der Waals surface area contributed by atoms with E-state index >= 15 is 0 Å². The second kappa shape index (κ2) is 5.89. The van der Waals surface area contributed by atoms with Crippen molar-refractivity contribution in [1.82, 2.24) is 9.97 Å². The number of para-hydroxylation sites is 1. The van der Waals surface area contributed by atoms with E-state index in [0.717, 1.165) is 12.2 Å². The molecule has 0 saturated carbocycles. The van der Waals surface area contributed by atoms with Gasteiger partial charge < -0.3 is 10.2 Å². The minimum absolute atomic E-state index is 0.535. The van der Waals surface area contributed by atoms with Crippen LogP contribution in [0.1, 0.15) is 12.5 Å². The molecule has 1 aromatic carbocycles. The number of anilines is 3. The number of nitrogens with one attached hydrogen (secondary N) is 1. The Morgan fingerprint density at radius 3 is 2.74 bits per heavy atom. The number of halogens is 1. The van der Waals surface area contributed by atoms with Crippen LogP contribution in [0.25, 0.3) is 0 Å². The molecule has 4 nitrogen and oxygen atoms in total. The van der Waals surface area contributed by atoms with Gasteiger partial charge in [0.25, 0.3) is 0 Å². The average molecular weight is 277 g/mol. The summed E-state index contributed by atoms with van der Waals surface area (Å²) in [6.45, 7) is 4.84. The minimum atomic E-state index is 0.535. The number of benzene rings is 1. The van der Waals surface area contributed by atoms with Crippen LogP contribution in [0, 0.1) is 6.92 Å². The van der Waals surface area contributed by atoms with Crippen molar-refractivity contribution in [2.75, 3.05) is 23.8 Å². The normalized spacial score (nSPS) is 10.3. The first-order valence-electron chi connectivity index (χ1n) is 6.19. The maximum atomic E-state index is 6.20. The summed E-state index contributed by atoms with van der Waals surface area (Å²) in [6.07, 6.45) is 1.62. The van der Waals surface area contributed by atoms with E-state index in [1.54, 1.807) is 6.20 Å². The highest BCUT2D eigenvalue weighted by molar-refractivity contribution is 6.33. The van der Waals surface area contributed by atoms with Crippen LogP contribution in [0.3, 0.4) is 0 Å². The molecule has 1 aromatic heterocycles. The van der Waals surface area contributed by atoms with Crippen LogP contribution >= 0.6 is 11.6 Å². The van der Waals surface area contributed by atoms with Gasteiger partial charge in [-0.2, -0.15) is 4.98 Å². The van der Waals surface area contributed by atoms with Crippen molar-refractivity contribution in [2.45, 2.75) is 13.8 Å². The van der Waals surface area contributed by atoms with Gasteiger partial charge in [-0.15, -0.1) is 0 Å². The Hall–Kier alpha value is -1.81. The predicted octanol–water partition coefficient (Wildman–Crippen LogP) is 3.64. The van der Waals surface area contributed by atoms with Crippen molar-refractivity contribution in [1.29, 1.82) is 0 Å². The molecule has 0 fully saturated rings. The summed E-state index contributed by atoms with van der Waals surface area (Å²) in [6, 6.07) is 8.12.